The molecule has 188 valence electrons. The molecule has 36 heavy (non-hydrogen) atoms. The third kappa shape index (κ3) is 4.34. The monoisotopic (exact) mass is 493 g/mol. The van der Waals surface area contributed by atoms with Crippen molar-refractivity contribution in [3.8, 4) is 11.4 Å². The molecule has 0 spiro atoms. The standard InChI is InChI=1S/C26H29F2N7O/c1-15-25(31-20-11-16(27)3-4-19(20)29-15)21-12-23-32-22(34-10-7-17(28)14-34)13-24(35(23)33-21)30-18-5-8-26(2,36)9-6-18/h3-4,11-13,17-18,30,36H,5-10,14H2,1-2H3/t17-,18-,26-/m0/s1. The van der Waals surface area contributed by atoms with E-state index in [0.717, 1.165) is 18.7 Å². The molecule has 1 saturated heterocycles. The van der Waals surface area contributed by atoms with Crippen molar-refractivity contribution in [1.29, 1.82) is 0 Å². The van der Waals surface area contributed by atoms with E-state index in [1.165, 1.54) is 12.1 Å². The molecule has 1 atom stereocenters. The molecule has 8 nitrogen and oxygen atoms in total. The molecule has 3 aromatic heterocycles. The molecule has 4 heterocycles. The number of fused-ring (bicyclic) bond motifs is 2. The topological polar surface area (TPSA) is 91.5 Å². The van der Waals surface area contributed by atoms with Gasteiger partial charge in [-0.1, -0.05) is 0 Å². The molecule has 2 N–H and O–H groups in total. The van der Waals surface area contributed by atoms with E-state index >= 15 is 0 Å². The van der Waals surface area contributed by atoms with Gasteiger partial charge >= 0.3 is 0 Å². The molecule has 2 fully saturated rings. The number of halogens is 2. The van der Waals surface area contributed by atoms with Crippen LogP contribution in [0.2, 0.25) is 0 Å². The molecule has 6 rings (SSSR count). The number of aryl methyl sites for hydroxylation is 1. The van der Waals surface area contributed by atoms with Crippen LogP contribution in [0.15, 0.2) is 30.3 Å². The van der Waals surface area contributed by atoms with Crippen LogP contribution < -0.4 is 10.2 Å². The average molecular weight is 494 g/mol. The molecule has 0 amide bonds. The van der Waals surface area contributed by atoms with E-state index < -0.39 is 11.8 Å². The first kappa shape index (κ1) is 23.0. The first-order valence-electron chi connectivity index (χ1n) is 12.5. The van der Waals surface area contributed by atoms with E-state index in [2.05, 4.69) is 15.3 Å². The highest BCUT2D eigenvalue weighted by molar-refractivity contribution is 5.78. The second kappa shape index (κ2) is 8.62. The van der Waals surface area contributed by atoms with Crippen LogP contribution in [-0.2, 0) is 0 Å². The first-order chi connectivity index (χ1) is 17.2. The number of benzene rings is 1. The zero-order valence-corrected chi connectivity index (χ0v) is 20.4. The normalized spacial score (nSPS) is 24.6. The molecular formula is C26H29F2N7O. The Morgan fingerprint density at radius 3 is 2.61 bits per heavy atom. The smallest absolute Gasteiger partial charge is 0.160 e. The number of rotatable bonds is 4. The number of hydrogen-bond donors (Lipinski definition) is 2. The van der Waals surface area contributed by atoms with E-state index in [4.69, 9.17) is 10.1 Å². The summed E-state index contributed by atoms with van der Waals surface area (Å²) in [5.41, 5.74) is 2.87. The quantitative estimate of drug-likeness (QED) is 0.434. The fraction of sp³-hybridized carbons (Fsp3) is 0.462. The fourth-order valence-corrected chi connectivity index (χ4v) is 5.22. The Morgan fingerprint density at radius 2 is 1.86 bits per heavy atom. The Hall–Kier alpha value is -3.40. The molecule has 1 aliphatic carbocycles. The summed E-state index contributed by atoms with van der Waals surface area (Å²) in [6, 6.07) is 8.28. The van der Waals surface area contributed by atoms with Crippen LogP contribution in [0.5, 0.6) is 0 Å². The van der Waals surface area contributed by atoms with Crippen LogP contribution in [0.4, 0.5) is 20.4 Å². The number of hydrogen-bond acceptors (Lipinski definition) is 7. The maximum Gasteiger partial charge on any atom is 0.160 e. The predicted octanol–water partition coefficient (Wildman–Crippen LogP) is 4.44. The Morgan fingerprint density at radius 1 is 1.06 bits per heavy atom. The summed E-state index contributed by atoms with van der Waals surface area (Å²) in [4.78, 5) is 16.0. The van der Waals surface area contributed by atoms with E-state index in [0.29, 0.717) is 71.9 Å². The summed E-state index contributed by atoms with van der Waals surface area (Å²) in [7, 11) is 0. The van der Waals surface area contributed by atoms with Crippen molar-refractivity contribution >= 4 is 28.3 Å². The van der Waals surface area contributed by atoms with Crippen LogP contribution in [-0.4, -0.2) is 60.6 Å². The molecule has 4 aromatic rings. The fourth-order valence-electron chi connectivity index (χ4n) is 5.22. The van der Waals surface area contributed by atoms with Crippen LogP contribution in [0, 0.1) is 12.7 Å². The van der Waals surface area contributed by atoms with Crippen LogP contribution in [0.1, 0.15) is 44.7 Å². The van der Waals surface area contributed by atoms with Crippen molar-refractivity contribution < 1.29 is 13.9 Å². The number of nitrogens with zero attached hydrogens (tertiary/aromatic N) is 6. The Bertz CT molecular complexity index is 1440. The van der Waals surface area contributed by atoms with Crippen LogP contribution >= 0.6 is 0 Å². The third-order valence-corrected chi connectivity index (χ3v) is 7.33. The van der Waals surface area contributed by atoms with Gasteiger partial charge in [-0.05, 0) is 58.1 Å². The molecule has 0 bridgehead atoms. The Labute approximate surface area is 207 Å². The zero-order valence-electron chi connectivity index (χ0n) is 20.4. The number of nitrogens with one attached hydrogen (secondary N) is 1. The van der Waals surface area contributed by atoms with E-state index in [1.54, 1.807) is 10.6 Å². The molecule has 1 aliphatic heterocycles. The number of aliphatic hydroxyl groups is 1. The molecule has 0 radical (unpaired) electrons. The summed E-state index contributed by atoms with van der Waals surface area (Å²) >= 11 is 0. The number of aromatic nitrogens is 5. The molecule has 1 saturated carbocycles. The third-order valence-electron chi connectivity index (χ3n) is 7.33. The van der Waals surface area contributed by atoms with Crippen molar-refractivity contribution in [2.45, 2.75) is 63.8 Å². The van der Waals surface area contributed by atoms with Gasteiger partial charge in [-0.3, -0.25) is 0 Å². The van der Waals surface area contributed by atoms with Crippen molar-refractivity contribution in [1.82, 2.24) is 24.6 Å². The van der Waals surface area contributed by atoms with Gasteiger partial charge in [0.25, 0.3) is 0 Å². The Balaban J connectivity index is 1.42. The van der Waals surface area contributed by atoms with Gasteiger partial charge in [0.2, 0.25) is 0 Å². The molecular weight excluding hydrogens is 464 g/mol. The Kier molecular flexibility index (Phi) is 5.51. The second-order valence-corrected chi connectivity index (χ2v) is 10.3. The van der Waals surface area contributed by atoms with Gasteiger partial charge in [-0.15, -0.1) is 0 Å². The second-order valence-electron chi connectivity index (χ2n) is 10.3. The lowest BCUT2D eigenvalue weighted by molar-refractivity contribution is 0.0196. The first-order valence-corrected chi connectivity index (χ1v) is 12.5. The number of anilines is 2. The summed E-state index contributed by atoms with van der Waals surface area (Å²) in [5, 5.41) is 18.8. The molecule has 1 aromatic carbocycles. The molecule has 0 unspecified atom stereocenters. The van der Waals surface area contributed by atoms with Gasteiger partial charge in [0.1, 0.15) is 35.0 Å². The van der Waals surface area contributed by atoms with Crippen molar-refractivity contribution in [3.05, 3.63) is 41.8 Å². The van der Waals surface area contributed by atoms with Gasteiger partial charge in [-0.2, -0.15) is 9.61 Å². The van der Waals surface area contributed by atoms with Gasteiger partial charge in [0.05, 0.1) is 28.9 Å². The van der Waals surface area contributed by atoms with Crippen LogP contribution in [0.3, 0.4) is 0 Å². The highest BCUT2D eigenvalue weighted by Crippen LogP contribution is 2.32. The SMILES string of the molecule is Cc1nc2ccc(F)cc2nc1-c1cc2nc(N3CC[C@H](F)C3)cc(N[C@H]3CC[C@](C)(O)CC3)n2n1. The summed E-state index contributed by atoms with van der Waals surface area (Å²) < 4.78 is 29.5. The van der Waals surface area contributed by atoms with Gasteiger partial charge < -0.3 is 15.3 Å². The molecule has 2 aliphatic rings. The summed E-state index contributed by atoms with van der Waals surface area (Å²) in [6.07, 6.45) is 2.72. The maximum absolute atomic E-state index is 14.0. The lowest BCUT2D eigenvalue weighted by atomic mass is 9.84. The van der Waals surface area contributed by atoms with Gasteiger partial charge in [0.15, 0.2) is 5.65 Å². The maximum atomic E-state index is 14.0. The average Bonchev–Trinajstić information content (AvgIpc) is 3.46. The minimum absolute atomic E-state index is 0.175. The number of alkyl halides is 1. The zero-order chi connectivity index (χ0) is 25.0. The van der Waals surface area contributed by atoms with Gasteiger partial charge in [-0.25, -0.2) is 23.7 Å². The van der Waals surface area contributed by atoms with Crippen molar-refractivity contribution in [2.75, 3.05) is 23.3 Å². The lowest BCUT2D eigenvalue weighted by Crippen LogP contribution is -2.36. The van der Waals surface area contributed by atoms with E-state index in [1.807, 2.05) is 30.9 Å². The minimum Gasteiger partial charge on any atom is -0.390 e. The summed E-state index contributed by atoms with van der Waals surface area (Å²) in [5.74, 6) is 1.08. The minimum atomic E-state index is -0.864. The van der Waals surface area contributed by atoms with Crippen molar-refractivity contribution in [2.24, 2.45) is 0 Å². The molecule has 10 heteroatoms. The van der Waals surface area contributed by atoms with E-state index in [-0.39, 0.29) is 11.9 Å². The van der Waals surface area contributed by atoms with Gasteiger partial charge in [0, 0.05) is 30.8 Å². The van der Waals surface area contributed by atoms with Crippen molar-refractivity contribution in [3.63, 3.8) is 0 Å². The largest absolute Gasteiger partial charge is 0.390 e. The van der Waals surface area contributed by atoms with Crippen LogP contribution in [0.25, 0.3) is 28.1 Å². The summed E-state index contributed by atoms with van der Waals surface area (Å²) in [6.45, 7) is 4.66. The highest BCUT2D eigenvalue weighted by Gasteiger charge is 2.30. The highest BCUT2D eigenvalue weighted by atomic mass is 19.1. The predicted molar refractivity (Wildman–Crippen MR) is 134 cm³/mol. The lowest BCUT2D eigenvalue weighted by Gasteiger charge is -2.34. The van der Waals surface area contributed by atoms with E-state index in [9.17, 15) is 13.9 Å².